The maximum absolute atomic E-state index is 12.6. The molecule has 2 heterocycles. The fourth-order valence-corrected chi connectivity index (χ4v) is 1.58. The second-order valence-corrected chi connectivity index (χ2v) is 4.20. The predicted octanol–water partition coefficient (Wildman–Crippen LogP) is 3.83. The molecule has 0 bridgehead atoms. The van der Waals surface area contributed by atoms with Gasteiger partial charge in [0.05, 0.1) is 5.69 Å². The zero-order valence-corrected chi connectivity index (χ0v) is 9.18. The zero-order chi connectivity index (χ0) is 11.9. The van der Waals surface area contributed by atoms with E-state index in [1.54, 1.807) is 0 Å². The van der Waals surface area contributed by atoms with E-state index in [2.05, 4.69) is 4.98 Å². The Morgan fingerprint density at radius 2 is 1.94 bits per heavy atom. The number of alkyl halides is 5. The summed E-state index contributed by atoms with van der Waals surface area (Å²) in [5, 5.41) is 0. The monoisotopic (exact) mass is 268 g/mol. The summed E-state index contributed by atoms with van der Waals surface area (Å²) in [7, 11) is 0. The van der Waals surface area contributed by atoms with Gasteiger partial charge in [-0.15, -0.1) is 0 Å². The molecule has 2 aromatic rings. The first kappa shape index (κ1) is 11.5. The number of hydrogen-bond donors (Lipinski definition) is 0. The highest BCUT2D eigenvalue weighted by Crippen LogP contribution is 2.31. The molecule has 16 heavy (non-hydrogen) atoms. The van der Waals surface area contributed by atoms with Crippen molar-refractivity contribution in [3.8, 4) is 0 Å². The lowest BCUT2D eigenvalue weighted by atomic mass is 10.3. The average molecular weight is 269 g/mol. The van der Waals surface area contributed by atoms with Gasteiger partial charge in [0.1, 0.15) is 11.3 Å². The zero-order valence-electron chi connectivity index (χ0n) is 7.67. The minimum absolute atomic E-state index is 0.163. The summed E-state index contributed by atoms with van der Waals surface area (Å²) in [6.07, 6.45) is -3.26. The van der Waals surface area contributed by atoms with Crippen LogP contribution in [0.5, 0.6) is 0 Å². The molecule has 0 aliphatic carbocycles. The molecular formula is C9H5Cl2F3N2. The Morgan fingerprint density at radius 3 is 2.50 bits per heavy atom. The van der Waals surface area contributed by atoms with Gasteiger partial charge < -0.3 is 0 Å². The molecule has 2 aromatic heterocycles. The molecule has 0 unspecified atom stereocenters. The van der Waals surface area contributed by atoms with Gasteiger partial charge in [0.15, 0.2) is 4.84 Å². The molecule has 0 fully saturated rings. The topological polar surface area (TPSA) is 17.3 Å². The maximum atomic E-state index is 12.6. The highest BCUT2D eigenvalue weighted by molar-refractivity contribution is 6.43. The van der Waals surface area contributed by atoms with Gasteiger partial charge in [-0.25, -0.2) is 4.98 Å². The molecule has 7 heteroatoms. The van der Waals surface area contributed by atoms with Crippen molar-refractivity contribution in [2.75, 3.05) is 0 Å². The van der Waals surface area contributed by atoms with Crippen molar-refractivity contribution >= 4 is 28.8 Å². The number of halogens is 5. The molecule has 0 aromatic carbocycles. The number of imidazole rings is 1. The minimum atomic E-state index is -4.44. The summed E-state index contributed by atoms with van der Waals surface area (Å²) in [5.41, 5.74) is -0.450. The van der Waals surface area contributed by atoms with Crippen molar-refractivity contribution in [3.63, 3.8) is 0 Å². The summed E-state index contributed by atoms with van der Waals surface area (Å²) in [5.74, 6) is 0. The molecule has 0 atom stereocenters. The Morgan fingerprint density at radius 1 is 1.25 bits per heavy atom. The molecule has 0 aliphatic heterocycles. The molecule has 0 radical (unpaired) electrons. The molecule has 86 valence electrons. The maximum Gasteiger partial charge on any atom is 0.431 e. The van der Waals surface area contributed by atoms with E-state index < -0.39 is 16.7 Å². The summed E-state index contributed by atoms with van der Waals surface area (Å²) in [6, 6.07) is 3.71. The van der Waals surface area contributed by atoms with Gasteiger partial charge in [0.25, 0.3) is 0 Å². The highest BCUT2D eigenvalue weighted by Gasteiger charge is 2.33. The van der Waals surface area contributed by atoms with E-state index in [4.69, 9.17) is 23.2 Å². The van der Waals surface area contributed by atoms with Gasteiger partial charge in [0, 0.05) is 6.20 Å². The number of fused-ring (bicyclic) bond motifs is 1. The van der Waals surface area contributed by atoms with Crippen LogP contribution in [-0.4, -0.2) is 9.38 Å². The van der Waals surface area contributed by atoms with E-state index in [1.165, 1.54) is 18.3 Å². The Labute approximate surface area is 98.6 Å². The molecule has 2 rings (SSSR count). The van der Waals surface area contributed by atoms with Crippen LogP contribution in [0.3, 0.4) is 0 Å². The van der Waals surface area contributed by atoms with Crippen LogP contribution in [0.2, 0.25) is 0 Å². The second-order valence-electron chi connectivity index (χ2n) is 3.10. The summed E-state index contributed by atoms with van der Waals surface area (Å²) in [6.45, 7) is 0. The lowest BCUT2D eigenvalue weighted by molar-refractivity contribution is -0.142. The van der Waals surface area contributed by atoms with Crippen LogP contribution in [0, 0.1) is 0 Å². The van der Waals surface area contributed by atoms with Gasteiger partial charge in [-0.05, 0) is 12.1 Å². The third-order valence-electron chi connectivity index (χ3n) is 2.02. The normalized spacial score (nSPS) is 12.6. The summed E-state index contributed by atoms with van der Waals surface area (Å²) < 4.78 is 38.8. The highest BCUT2D eigenvalue weighted by atomic mass is 35.5. The van der Waals surface area contributed by atoms with Crippen molar-refractivity contribution in [3.05, 3.63) is 35.8 Å². The first-order valence-corrected chi connectivity index (χ1v) is 5.10. The van der Waals surface area contributed by atoms with E-state index in [0.717, 1.165) is 10.5 Å². The van der Waals surface area contributed by atoms with E-state index in [0.29, 0.717) is 0 Å². The predicted molar refractivity (Wildman–Crippen MR) is 54.6 cm³/mol. The van der Waals surface area contributed by atoms with Crippen molar-refractivity contribution in [1.82, 2.24) is 9.38 Å². The standard InChI is InChI=1S/C9H5Cl2F3N2/c10-8(11)5-4-16-6(9(12,13)14)2-1-3-7(16)15-5/h1-4,8H. The number of hydrogen-bond acceptors (Lipinski definition) is 1. The van der Waals surface area contributed by atoms with Gasteiger partial charge in [-0.1, -0.05) is 29.3 Å². The first-order chi connectivity index (χ1) is 7.39. The van der Waals surface area contributed by atoms with Crippen molar-refractivity contribution in [1.29, 1.82) is 0 Å². The van der Waals surface area contributed by atoms with E-state index >= 15 is 0 Å². The second kappa shape index (κ2) is 3.82. The lowest BCUT2D eigenvalue weighted by Crippen LogP contribution is -2.10. The molecule has 0 spiro atoms. The van der Waals surface area contributed by atoms with Gasteiger partial charge in [-0.2, -0.15) is 13.2 Å². The Balaban J connectivity index is 2.68. The van der Waals surface area contributed by atoms with Crippen molar-refractivity contribution in [2.45, 2.75) is 11.0 Å². The van der Waals surface area contributed by atoms with Crippen LogP contribution in [0.25, 0.3) is 5.65 Å². The van der Waals surface area contributed by atoms with Crippen LogP contribution < -0.4 is 0 Å². The van der Waals surface area contributed by atoms with Gasteiger partial charge in [-0.3, -0.25) is 4.40 Å². The average Bonchev–Trinajstić information content (AvgIpc) is 2.58. The smallest absolute Gasteiger partial charge is 0.295 e. The Kier molecular flexibility index (Phi) is 2.75. The van der Waals surface area contributed by atoms with E-state index in [1.807, 2.05) is 0 Å². The van der Waals surface area contributed by atoms with Crippen LogP contribution in [0.15, 0.2) is 24.4 Å². The third-order valence-corrected chi connectivity index (χ3v) is 2.47. The molecule has 0 amide bonds. The SMILES string of the molecule is FC(F)(F)c1cccc2nc(C(Cl)Cl)cn12. The minimum Gasteiger partial charge on any atom is -0.295 e. The van der Waals surface area contributed by atoms with E-state index in [9.17, 15) is 13.2 Å². The third kappa shape index (κ3) is 1.97. The number of rotatable bonds is 1. The van der Waals surface area contributed by atoms with Crippen molar-refractivity contribution < 1.29 is 13.2 Å². The largest absolute Gasteiger partial charge is 0.431 e. The molecule has 0 N–H and O–H groups in total. The Hall–Kier alpha value is -0.940. The summed E-state index contributed by atoms with van der Waals surface area (Å²) >= 11 is 11.1. The van der Waals surface area contributed by atoms with Gasteiger partial charge in [0.2, 0.25) is 0 Å². The molecule has 0 aliphatic rings. The molecule has 2 nitrogen and oxygen atoms in total. The van der Waals surface area contributed by atoms with Crippen LogP contribution in [0.1, 0.15) is 16.2 Å². The van der Waals surface area contributed by atoms with Crippen LogP contribution >= 0.6 is 23.2 Å². The first-order valence-electron chi connectivity index (χ1n) is 4.23. The number of aromatic nitrogens is 2. The van der Waals surface area contributed by atoms with Crippen LogP contribution in [-0.2, 0) is 6.18 Å². The van der Waals surface area contributed by atoms with Crippen molar-refractivity contribution in [2.24, 2.45) is 0 Å². The molecule has 0 saturated carbocycles. The molecule has 0 saturated heterocycles. The lowest BCUT2D eigenvalue weighted by Gasteiger charge is -2.08. The molecular weight excluding hydrogens is 264 g/mol. The Bertz CT molecular complexity index is 519. The summed E-state index contributed by atoms with van der Waals surface area (Å²) in [4.78, 5) is 2.94. The fourth-order valence-electron chi connectivity index (χ4n) is 1.37. The van der Waals surface area contributed by atoms with E-state index in [-0.39, 0.29) is 11.3 Å². The fraction of sp³-hybridized carbons (Fsp3) is 0.222. The van der Waals surface area contributed by atoms with Gasteiger partial charge >= 0.3 is 6.18 Å². The number of nitrogens with zero attached hydrogens (tertiary/aromatic N) is 2. The van der Waals surface area contributed by atoms with Crippen LogP contribution in [0.4, 0.5) is 13.2 Å². The number of pyridine rings is 1. The quantitative estimate of drug-likeness (QED) is 0.719.